The molecule has 0 aliphatic rings. The Hall–Kier alpha value is -2.04. The summed E-state index contributed by atoms with van der Waals surface area (Å²) in [7, 11) is 0. The van der Waals surface area contributed by atoms with Gasteiger partial charge in [-0.1, -0.05) is 19.9 Å². The highest BCUT2D eigenvalue weighted by atomic mass is 16.4. The molecule has 1 rings (SSSR count). The molecular weight excluding hydrogens is 244 g/mol. The molecule has 1 aromatic rings. The lowest BCUT2D eigenvalue weighted by molar-refractivity contribution is -0.139. The molecule has 0 saturated heterocycles. The maximum Gasteiger partial charge on any atom is 0.326 e. The predicted molar refractivity (Wildman–Crippen MR) is 73.9 cm³/mol. The number of carboxylic acids is 1. The Morgan fingerprint density at radius 2 is 2.00 bits per heavy atom. The van der Waals surface area contributed by atoms with Gasteiger partial charge in [0.15, 0.2) is 0 Å². The third kappa shape index (κ3) is 4.28. The Labute approximate surface area is 112 Å². The maximum atomic E-state index is 12.0. The van der Waals surface area contributed by atoms with Crippen LogP contribution in [0.3, 0.4) is 0 Å². The molecule has 0 heterocycles. The van der Waals surface area contributed by atoms with E-state index in [1.807, 2.05) is 20.8 Å². The molecule has 0 unspecified atom stereocenters. The number of nitrogen functional groups attached to an aromatic ring is 1. The summed E-state index contributed by atoms with van der Waals surface area (Å²) in [5, 5.41) is 11.6. The van der Waals surface area contributed by atoms with E-state index in [1.54, 1.807) is 18.2 Å². The van der Waals surface area contributed by atoms with Gasteiger partial charge in [0, 0.05) is 11.3 Å². The molecule has 5 nitrogen and oxygen atoms in total. The lowest BCUT2D eigenvalue weighted by Crippen LogP contribution is -2.41. The first-order valence-corrected chi connectivity index (χ1v) is 6.21. The number of carboxylic acid groups (broad SMARTS) is 1. The van der Waals surface area contributed by atoms with Crippen LogP contribution in [0.1, 0.15) is 36.2 Å². The van der Waals surface area contributed by atoms with Gasteiger partial charge in [0.05, 0.1) is 0 Å². The van der Waals surface area contributed by atoms with E-state index < -0.39 is 17.9 Å². The third-order valence-corrected chi connectivity index (χ3v) is 2.85. The topological polar surface area (TPSA) is 92.4 Å². The van der Waals surface area contributed by atoms with E-state index in [9.17, 15) is 9.59 Å². The Morgan fingerprint density at radius 1 is 1.37 bits per heavy atom. The molecule has 0 fully saturated rings. The number of carbonyl (C=O) groups excluding carboxylic acids is 1. The minimum absolute atomic E-state index is 0.185. The SMILES string of the molecule is Cc1ccc(C(=O)N[C@@H](CC(C)C)C(=O)O)cc1N. The summed E-state index contributed by atoms with van der Waals surface area (Å²) in [6, 6.07) is 4.05. The first-order chi connectivity index (χ1) is 8.81. The number of nitrogens with two attached hydrogens (primary N) is 1. The standard InChI is InChI=1S/C14H20N2O3/c1-8(2)6-12(14(18)19)16-13(17)10-5-4-9(3)11(15)7-10/h4-5,7-8,12H,6,15H2,1-3H3,(H,16,17)(H,18,19)/t12-/m0/s1. The van der Waals surface area contributed by atoms with Crippen LogP contribution in [0.5, 0.6) is 0 Å². The van der Waals surface area contributed by atoms with Crippen molar-refractivity contribution in [2.45, 2.75) is 33.2 Å². The van der Waals surface area contributed by atoms with Gasteiger partial charge in [-0.15, -0.1) is 0 Å². The van der Waals surface area contributed by atoms with Crippen molar-refractivity contribution in [3.63, 3.8) is 0 Å². The zero-order valence-corrected chi connectivity index (χ0v) is 11.4. The van der Waals surface area contributed by atoms with Gasteiger partial charge in [-0.3, -0.25) is 4.79 Å². The van der Waals surface area contributed by atoms with E-state index in [4.69, 9.17) is 10.8 Å². The number of hydrogen-bond acceptors (Lipinski definition) is 3. The van der Waals surface area contributed by atoms with Crippen molar-refractivity contribution >= 4 is 17.6 Å². The summed E-state index contributed by atoms with van der Waals surface area (Å²) < 4.78 is 0. The van der Waals surface area contributed by atoms with Crippen LogP contribution in [0.4, 0.5) is 5.69 Å². The van der Waals surface area contributed by atoms with Crippen LogP contribution in [0, 0.1) is 12.8 Å². The number of benzene rings is 1. The molecule has 1 aromatic carbocycles. The lowest BCUT2D eigenvalue weighted by atomic mass is 10.0. The molecule has 0 radical (unpaired) electrons. The van der Waals surface area contributed by atoms with Crippen LogP contribution in [0.25, 0.3) is 0 Å². The van der Waals surface area contributed by atoms with Gasteiger partial charge in [0.25, 0.3) is 5.91 Å². The second-order valence-electron chi connectivity index (χ2n) is 5.07. The van der Waals surface area contributed by atoms with Crippen LogP contribution in [0.15, 0.2) is 18.2 Å². The molecule has 5 heteroatoms. The van der Waals surface area contributed by atoms with E-state index in [-0.39, 0.29) is 5.92 Å². The van der Waals surface area contributed by atoms with Crippen LogP contribution in [0.2, 0.25) is 0 Å². The van der Waals surface area contributed by atoms with Crippen molar-refractivity contribution in [2.75, 3.05) is 5.73 Å². The van der Waals surface area contributed by atoms with Crippen LogP contribution >= 0.6 is 0 Å². The van der Waals surface area contributed by atoms with Gasteiger partial charge in [-0.05, 0) is 37.0 Å². The van der Waals surface area contributed by atoms with Gasteiger partial charge >= 0.3 is 5.97 Å². The van der Waals surface area contributed by atoms with Crippen molar-refractivity contribution in [2.24, 2.45) is 5.92 Å². The highest BCUT2D eigenvalue weighted by molar-refractivity contribution is 5.97. The van der Waals surface area contributed by atoms with E-state index in [1.165, 1.54) is 0 Å². The van der Waals surface area contributed by atoms with E-state index in [2.05, 4.69) is 5.32 Å². The average molecular weight is 264 g/mol. The highest BCUT2D eigenvalue weighted by Gasteiger charge is 2.21. The number of nitrogens with one attached hydrogen (secondary N) is 1. The number of rotatable bonds is 5. The van der Waals surface area contributed by atoms with Crippen molar-refractivity contribution in [3.05, 3.63) is 29.3 Å². The Bertz CT molecular complexity index is 484. The summed E-state index contributed by atoms with van der Waals surface area (Å²) >= 11 is 0. The fourth-order valence-electron chi connectivity index (χ4n) is 1.72. The van der Waals surface area contributed by atoms with Gasteiger partial charge < -0.3 is 16.2 Å². The summed E-state index contributed by atoms with van der Waals surface area (Å²) in [6.07, 6.45) is 0.391. The minimum Gasteiger partial charge on any atom is -0.480 e. The van der Waals surface area contributed by atoms with Gasteiger partial charge in [0.2, 0.25) is 0 Å². The Balaban J connectivity index is 2.81. The zero-order valence-electron chi connectivity index (χ0n) is 11.4. The maximum absolute atomic E-state index is 12.0. The van der Waals surface area contributed by atoms with Crippen molar-refractivity contribution in [3.8, 4) is 0 Å². The molecule has 0 aliphatic heterocycles. The molecule has 0 bridgehead atoms. The monoisotopic (exact) mass is 264 g/mol. The minimum atomic E-state index is -1.03. The highest BCUT2D eigenvalue weighted by Crippen LogP contribution is 2.13. The number of aliphatic carboxylic acids is 1. The number of anilines is 1. The third-order valence-electron chi connectivity index (χ3n) is 2.85. The number of carbonyl (C=O) groups is 2. The zero-order chi connectivity index (χ0) is 14.6. The second kappa shape index (κ2) is 6.22. The number of aryl methyl sites for hydroxylation is 1. The van der Waals surface area contributed by atoms with Gasteiger partial charge in [-0.2, -0.15) is 0 Å². The van der Waals surface area contributed by atoms with Crippen molar-refractivity contribution in [1.29, 1.82) is 0 Å². The van der Waals surface area contributed by atoms with Crippen LogP contribution in [-0.2, 0) is 4.79 Å². The average Bonchev–Trinajstić information content (AvgIpc) is 2.31. The fourth-order valence-corrected chi connectivity index (χ4v) is 1.72. The van der Waals surface area contributed by atoms with Gasteiger partial charge in [0.1, 0.15) is 6.04 Å². The van der Waals surface area contributed by atoms with Crippen LogP contribution < -0.4 is 11.1 Å². The summed E-state index contributed by atoms with van der Waals surface area (Å²) in [4.78, 5) is 23.1. The summed E-state index contributed by atoms with van der Waals surface area (Å²) in [5.41, 5.74) is 7.51. The Kier molecular flexibility index (Phi) is 4.92. The number of amides is 1. The first kappa shape index (κ1) is 15.0. The normalized spacial score (nSPS) is 12.2. The molecular formula is C14H20N2O3. The quantitative estimate of drug-likeness (QED) is 0.707. The molecule has 0 aromatic heterocycles. The number of hydrogen-bond donors (Lipinski definition) is 3. The van der Waals surface area contributed by atoms with E-state index in [0.29, 0.717) is 17.7 Å². The van der Waals surface area contributed by atoms with E-state index >= 15 is 0 Å². The smallest absolute Gasteiger partial charge is 0.326 e. The fraction of sp³-hybridized carbons (Fsp3) is 0.429. The molecule has 1 amide bonds. The molecule has 19 heavy (non-hydrogen) atoms. The first-order valence-electron chi connectivity index (χ1n) is 6.21. The molecule has 0 spiro atoms. The molecule has 0 aliphatic carbocycles. The van der Waals surface area contributed by atoms with Crippen molar-refractivity contribution < 1.29 is 14.7 Å². The predicted octanol–water partition coefficient (Wildman–Crippen LogP) is 1.81. The molecule has 104 valence electrons. The van der Waals surface area contributed by atoms with Gasteiger partial charge in [-0.25, -0.2) is 4.79 Å². The summed E-state index contributed by atoms with van der Waals surface area (Å²) in [6.45, 7) is 5.66. The second-order valence-corrected chi connectivity index (χ2v) is 5.07. The van der Waals surface area contributed by atoms with E-state index in [0.717, 1.165) is 5.56 Å². The van der Waals surface area contributed by atoms with Crippen LogP contribution in [-0.4, -0.2) is 23.0 Å². The summed E-state index contributed by atoms with van der Waals surface area (Å²) in [5.74, 6) is -1.26. The lowest BCUT2D eigenvalue weighted by Gasteiger charge is -2.16. The largest absolute Gasteiger partial charge is 0.480 e. The Morgan fingerprint density at radius 3 is 2.47 bits per heavy atom. The van der Waals surface area contributed by atoms with Crippen molar-refractivity contribution in [1.82, 2.24) is 5.32 Å². The molecule has 4 N–H and O–H groups in total. The molecule has 0 saturated carbocycles. The molecule has 1 atom stereocenters.